The van der Waals surface area contributed by atoms with Crippen LogP contribution < -0.4 is 0 Å². The number of benzene rings is 2. The Bertz CT molecular complexity index is 882. The third kappa shape index (κ3) is 3.69. The number of hydrogen-bond acceptors (Lipinski definition) is 3. The normalized spacial score (nSPS) is 12.2. The van der Waals surface area contributed by atoms with Crippen molar-refractivity contribution in [3.8, 4) is 0 Å². The maximum absolute atomic E-state index is 13.4. The standard InChI is InChI=1S/C20H18ClN3O/c1-20(2,16-6-4-3-5-7-16)19(25)18(24-14-22-13-23-24)12-15-8-10-17(21)11-9-15/h3-14H,1-2H3/b18-12-. The van der Waals surface area contributed by atoms with Crippen molar-refractivity contribution in [2.75, 3.05) is 0 Å². The van der Waals surface area contributed by atoms with Gasteiger partial charge in [-0.2, -0.15) is 5.10 Å². The van der Waals surface area contributed by atoms with Gasteiger partial charge in [0.2, 0.25) is 0 Å². The van der Waals surface area contributed by atoms with Crippen LogP contribution in [0.2, 0.25) is 5.02 Å². The number of ketones is 1. The zero-order valence-corrected chi connectivity index (χ0v) is 14.8. The van der Waals surface area contributed by atoms with E-state index in [1.807, 2.05) is 56.3 Å². The van der Waals surface area contributed by atoms with Crippen LogP contribution in [-0.2, 0) is 10.2 Å². The zero-order valence-electron chi connectivity index (χ0n) is 14.1. The monoisotopic (exact) mass is 351 g/mol. The van der Waals surface area contributed by atoms with Crippen molar-refractivity contribution in [2.45, 2.75) is 19.3 Å². The number of hydrogen-bond donors (Lipinski definition) is 0. The highest BCUT2D eigenvalue weighted by Gasteiger charge is 2.33. The number of Topliss-reactive ketones (excluding diaryl/α,β-unsaturated/α-hetero) is 1. The van der Waals surface area contributed by atoms with Crippen LogP contribution in [-0.4, -0.2) is 20.5 Å². The second-order valence-electron chi connectivity index (χ2n) is 6.24. The van der Waals surface area contributed by atoms with Crippen LogP contribution >= 0.6 is 11.6 Å². The van der Waals surface area contributed by atoms with Crippen molar-refractivity contribution >= 4 is 29.2 Å². The molecule has 3 aromatic rings. The summed E-state index contributed by atoms with van der Waals surface area (Å²) in [6.45, 7) is 3.83. The molecule has 0 aliphatic rings. The van der Waals surface area contributed by atoms with E-state index in [4.69, 9.17) is 11.6 Å². The van der Waals surface area contributed by atoms with Gasteiger partial charge in [-0.25, -0.2) is 9.67 Å². The number of allylic oxidation sites excluding steroid dienone is 1. The van der Waals surface area contributed by atoms with Crippen LogP contribution in [0.15, 0.2) is 67.3 Å². The number of nitrogens with zero attached hydrogens (tertiary/aromatic N) is 3. The Labute approximate surface area is 151 Å². The molecule has 0 saturated heterocycles. The number of carbonyl (C=O) groups excluding carboxylic acids is 1. The van der Waals surface area contributed by atoms with Gasteiger partial charge in [0.15, 0.2) is 5.78 Å². The molecule has 0 radical (unpaired) electrons. The molecule has 0 N–H and O–H groups in total. The molecule has 0 spiro atoms. The van der Waals surface area contributed by atoms with Crippen molar-refractivity contribution in [1.29, 1.82) is 0 Å². The molecule has 5 heteroatoms. The number of aromatic nitrogens is 3. The third-order valence-electron chi connectivity index (χ3n) is 4.13. The third-order valence-corrected chi connectivity index (χ3v) is 4.39. The van der Waals surface area contributed by atoms with Gasteiger partial charge in [-0.3, -0.25) is 4.79 Å². The van der Waals surface area contributed by atoms with Crippen molar-refractivity contribution < 1.29 is 4.79 Å². The van der Waals surface area contributed by atoms with E-state index in [1.165, 1.54) is 17.3 Å². The molecule has 0 saturated carbocycles. The molecule has 126 valence electrons. The molecule has 0 unspecified atom stereocenters. The minimum Gasteiger partial charge on any atom is -0.291 e. The second-order valence-corrected chi connectivity index (χ2v) is 6.68. The van der Waals surface area contributed by atoms with Gasteiger partial charge in [0.1, 0.15) is 18.4 Å². The lowest BCUT2D eigenvalue weighted by molar-refractivity contribution is -0.118. The first kappa shape index (κ1) is 17.1. The molecule has 2 aromatic carbocycles. The van der Waals surface area contributed by atoms with Crippen LogP contribution in [0, 0.1) is 0 Å². The molecule has 0 fully saturated rings. The lowest BCUT2D eigenvalue weighted by Gasteiger charge is -2.25. The summed E-state index contributed by atoms with van der Waals surface area (Å²) in [6, 6.07) is 17.0. The fraction of sp³-hybridized carbons (Fsp3) is 0.150. The van der Waals surface area contributed by atoms with Gasteiger partial charge < -0.3 is 0 Å². The summed E-state index contributed by atoms with van der Waals surface area (Å²) in [7, 11) is 0. The van der Waals surface area contributed by atoms with Gasteiger partial charge in [-0.05, 0) is 43.2 Å². The van der Waals surface area contributed by atoms with E-state index in [2.05, 4.69) is 10.1 Å². The highest BCUT2D eigenvalue weighted by atomic mass is 35.5. The number of halogens is 1. The van der Waals surface area contributed by atoms with E-state index in [0.29, 0.717) is 10.7 Å². The largest absolute Gasteiger partial charge is 0.291 e. The maximum Gasteiger partial charge on any atom is 0.191 e. The summed E-state index contributed by atoms with van der Waals surface area (Å²) >= 11 is 5.95. The Morgan fingerprint density at radius 2 is 1.76 bits per heavy atom. The Morgan fingerprint density at radius 3 is 2.36 bits per heavy atom. The summed E-state index contributed by atoms with van der Waals surface area (Å²) in [5.74, 6) is -0.0425. The summed E-state index contributed by atoms with van der Waals surface area (Å²) in [5.41, 5.74) is 1.56. The van der Waals surface area contributed by atoms with Crippen molar-refractivity contribution in [1.82, 2.24) is 14.8 Å². The van der Waals surface area contributed by atoms with E-state index < -0.39 is 5.41 Å². The van der Waals surface area contributed by atoms with Gasteiger partial charge in [0, 0.05) is 5.02 Å². The van der Waals surface area contributed by atoms with Gasteiger partial charge >= 0.3 is 0 Å². The Balaban J connectivity index is 2.06. The van der Waals surface area contributed by atoms with Gasteiger partial charge in [0.05, 0.1) is 5.41 Å². The van der Waals surface area contributed by atoms with E-state index in [1.54, 1.807) is 18.2 Å². The molecule has 0 aliphatic carbocycles. The topological polar surface area (TPSA) is 47.8 Å². The Hall–Kier alpha value is -2.72. The molecular formula is C20H18ClN3O. The first-order valence-corrected chi connectivity index (χ1v) is 8.29. The molecule has 1 aromatic heterocycles. The average Bonchev–Trinajstić information content (AvgIpc) is 3.16. The predicted octanol–water partition coefficient (Wildman–Crippen LogP) is 4.48. The minimum atomic E-state index is -0.703. The molecule has 25 heavy (non-hydrogen) atoms. The number of carbonyl (C=O) groups is 1. The molecule has 0 aliphatic heterocycles. The average molecular weight is 352 g/mol. The summed E-state index contributed by atoms with van der Waals surface area (Å²) < 4.78 is 1.50. The number of rotatable bonds is 5. The molecule has 3 rings (SSSR count). The van der Waals surface area contributed by atoms with Gasteiger partial charge in [-0.1, -0.05) is 54.1 Å². The highest BCUT2D eigenvalue weighted by Crippen LogP contribution is 2.29. The molecule has 1 heterocycles. The summed E-state index contributed by atoms with van der Waals surface area (Å²) in [6.07, 6.45) is 4.75. The molecule has 4 nitrogen and oxygen atoms in total. The Kier molecular flexibility index (Phi) is 4.81. The van der Waals surface area contributed by atoms with Gasteiger partial charge in [-0.15, -0.1) is 0 Å². The fourth-order valence-electron chi connectivity index (χ4n) is 2.59. The maximum atomic E-state index is 13.4. The van der Waals surface area contributed by atoms with Crippen LogP contribution in [0.4, 0.5) is 0 Å². The second kappa shape index (κ2) is 7.03. The van der Waals surface area contributed by atoms with Crippen LogP contribution in [0.1, 0.15) is 25.0 Å². The smallest absolute Gasteiger partial charge is 0.191 e. The van der Waals surface area contributed by atoms with Crippen LogP contribution in [0.25, 0.3) is 11.8 Å². The molecule has 0 amide bonds. The summed E-state index contributed by atoms with van der Waals surface area (Å²) in [5, 5.41) is 4.80. The quantitative estimate of drug-likeness (QED) is 0.637. The lowest BCUT2D eigenvalue weighted by atomic mass is 9.79. The van der Waals surface area contributed by atoms with Crippen molar-refractivity contribution in [3.05, 3.63) is 83.4 Å². The van der Waals surface area contributed by atoms with Crippen LogP contribution in [0.3, 0.4) is 0 Å². The minimum absolute atomic E-state index is 0.0425. The van der Waals surface area contributed by atoms with Gasteiger partial charge in [0.25, 0.3) is 0 Å². The Morgan fingerprint density at radius 1 is 1.08 bits per heavy atom. The van der Waals surface area contributed by atoms with E-state index in [0.717, 1.165) is 11.1 Å². The molecular weight excluding hydrogens is 334 g/mol. The summed E-state index contributed by atoms with van der Waals surface area (Å²) in [4.78, 5) is 17.3. The lowest BCUT2D eigenvalue weighted by Crippen LogP contribution is -2.31. The van der Waals surface area contributed by atoms with Crippen molar-refractivity contribution in [2.24, 2.45) is 0 Å². The molecule has 0 bridgehead atoms. The first-order valence-electron chi connectivity index (χ1n) is 7.91. The van der Waals surface area contributed by atoms with Crippen LogP contribution in [0.5, 0.6) is 0 Å². The van der Waals surface area contributed by atoms with E-state index >= 15 is 0 Å². The fourth-order valence-corrected chi connectivity index (χ4v) is 2.72. The van der Waals surface area contributed by atoms with E-state index in [-0.39, 0.29) is 5.78 Å². The molecule has 0 atom stereocenters. The zero-order chi connectivity index (χ0) is 17.9. The first-order chi connectivity index (χ1) is 12.0. The predicted molar refractivity (Wildman–Crippen MR) is 100 cm³/mol. The van der Waals surface area contributed by atoms with E-state index in [9.17, 15) is 4.79 Å². The highest BCUT2D eigenvalue weighted by molar-refractivity contribution is 6.30. The van der Waals surface area contributed by atoms with Crippen molar-refractivity contribution in [3.63, 3.8) is 0 Å². The SMILES string of the molecule is CC(C)(C(=O)/C(=C/c1ccc(Cl)cc1)n1cncn1)c1ccccc1.